The predicted molar refractivity (Wildman–Crippen MR) is 110 cm³/mol. The first-order valence-electron chi connectivity index (χ1n) is 8.42. The molecule has 0 bridgehead atoms. The molecule has 4 rings (SSSR count). The van der Waals surface area contributed by atoms with E-state index in [0.29, 0.717) is 35.6 Å². The zero-order chi connectivity index (χ0) is 19.3. The topological polar surface area (TPSA) is 78.9 Å². The van der Waals surface area contributed by atoms with Gasteiger partial charge in [-0.2, -0.15) is 4.98 Å². The van der Waals surface area contributed by atoms with Gasteiger partial charge in [0.25, 0.3) is 0 Å². The van der Waals surface area contributed by atoms with Gasteiger partial charge in [0.15, 0.2) is 11.0 Å². The molecule has 0 aliphatic heterocycles. The second-order valence-electron chi connectivity index (χ2n) is 5.74. The largest absolute Gasteiger partial charge is 0.383 e. The molecule has 0 N–H and O–H groups in total. The van der Waals surface area contributed by atoms with Crippen LogP contribution in [0.25, 0.3) is 22.1 Å². The van der Waals surface area contributed by atoms with Crippen molar-refractivity contribution < 1.29 is 9.26 Å². The Morgan fingerprint density at radius 2 is 2.07 bits per heavy atom. The Morgan fingerprint density at radius 1 is 1.21 bits per heavy atom. The summed E-state index contributed by atoms with van der Waals surface area (Å²) in [6.45, 7) is 1.18. The van der Waals surface area contributed by atoms with Crippen molar-refractivity contribution in [3.63, 3.8) is 0 Å². The van der Waals surface area contributed by atoms with E-state index < -0.39 is 0 Å². The zero-order valence-electron chi connectivity index (χ0n) is 14.9. The van der Waals surface area contributed by atoms with Crippen LogP contribution < -0.4 is 0 Å². The molecule has 0 unspecified atom stereocenters. The highest BCUT2D eigenvalue weighted by Gasteiger charge is 2.16. The van der Waals surface area contributed by atoms with E-state index in [9.17, 15) is 0 Å². The molecule has 0 amide bonds. The quantitative estimate of drug-likeness (QED) is 0.374. The Kier molecular flexibility index (Phi) is 6.06. The number of ether oxygens (including phenoxy) is 1. The van der Waals surface area contributed by atoms with Gasteiger partial charge >= 0.3 is 0 Å². The SMILES string of the molecule is COCCn1c(SCc2nc(-c3cccs3)no2)nnc1-c1ccc(Cl)cc1. The number of hydrogen-bond donors (Lipinski definition) is 0. The summed E-state index contributed by atoms with van der Waals surface area (Å²) in [7, 11) is 1.67. The Hall–Kier alpha value is -2.20. The summed E-state index contributed by atoms with van der Waals surface area (Å²) in [5.41, 5.74) is 0.942. The van der Waals surface area contributed by atoms with Crippen molar-refractivity contribution in [1.29, 1.82) is 0 Å². The number of methoxy groups -OCH3 is 1. The molecule has 1 aromatic carbocycles. The summed E-state index contributed by atoms with van der Waals surface area (Å²) in [4.78, 5) is 5.43. The predicted octanol–water partition coefficient (Wildman–Crippen LogP) is 4.65. The molecule has 3 aromatic heterocycles. The van der Waals surface area contributed by atoms with Gasteiger partial charge in [0, 0.05) is 17.7 Å². The summed E-state index contributed by atoms with van der Waals surface area (Å²) >= 11 is 9.07. The first kappa shape index (κ1) is 19.1. The molecule has 0 fully saturated rings. The Labute approximate surface area is 174 Å². The molecule has 144 valence electrons. The van der Waals surface area contributed by atoms with Crippen LogP contribution in [0.15, 0.2) is 51.5 Å². The van der Waals surface area contributed by atoms with Gasteiger partial charge < -0.3 is 9.26 Å². The van der Waals surface area contributed by atoms with Crippen LogP contribution in [0.1, 0.15) is 5.89 Å². The highest BCUT2D eigenvalue weighted by molar-refractivity contribution is 7.98. The minimum Gasteiger partial charge on any atom is -0.383 e. The molecular weight excluding hydrogens is 418 g/mol. The third-order valence-corrected chi connectivity index (χ3v) is 5.94. The number of rotatable bonds is 8. The lowest BCUT2D eigenvalue weighted by molar-refractivity contribution is 0.185. The van der Waals surface area contributed by atoms with Crippen LogP contribution in [0.3, 0.4) is 0 Å². The number of halogens is 1. The molecule has 0 saturated carbocycles. The lowest BCUT2D eigenvalue weighted by atomic mass is 10.2. The van der Waals surface area contributed by atoms with Gasteiger partial charge in [0.1, 0.15) is 0 Å². The van der Waals surface area contributed by atoms with Gasteiger partial charge in [0.2, 0.25) is 11.7 Å². The molecule has 0 saturated heterocycles. The fourth-order valence-electron chi connectivity index (χ4n) is 2.54. The summed E-state index contributed by atoms with van der Waals surface area (Å²) in [5.74, 6) is 2.42. The second-order valence-corrected chi connectivity index (χ2v) is 8.06. The Morgan fingerprint density at radius 3 is 2.82 bits per heavy atom. The minimum atomic E-state index is 0.504. The number of benzene rings is 1. The molecule has 0 atom stereocenters. The Balaban J connectivity index is 1.53. The Bertz CT molecular complexity index is 1030. The minimum absolute atomic E-state index is 0.504. The molecule has 4 aromatic rings. The molecule has 3 heterocycles. The van der Waals surface area contributed by atoms with Crippen molar-refractivity contribution in [2.24, 2.45) is 0 Å². The van der Waals surface area contributed by atoms with Crippen molar-refractivity contribution in [2.45, 2.75) is 17.5 Å². The van der Waals surface area contributed by atoms with E-state index in [1.807, 2.05) is 46.3 Å². The van der Waals surface area contributed by atoms with Crippen LogP contribution in [-0.2, 0) is 17.0 Å². The summed E-state index contributed by atoms with van der Waals surface area (Å²) in [6, 6.07) is 11.4. The van der Waals surface area contributed by atoms with E-state index in [4.69, 9.17) is 20.9 Å². The van der Waals surface area contributed by atoms with Crippen LogP contribution in [0.4, 0.5) is 0 Å². The molecule has 0 spiro atoms. The third-order valence-electron chi connectivity index (χ3n) is 3.87. The van der Waals surface area contributed by atoms with Crippen molar-refractivity contribution in [3.8, 4) is 22.1 Å². The van der Waals surface area contributed by atoms with Crippen molar-refractivity contribution in [3.05, 3.63) is 52.7 Å². The van der Waals surface area contributed by atoms with Gasteiger partial charge in [-0.05, 0) is 35.7 Å². The highest BCUT2D eigenvalue weighted by Crippen LogP contribution is 2.28. The fraction of sp³-hybridized carbons (Fsp3) is 0.222. The molecule has 0 aliphatic carbocycles. The number of thioether (sulfide) groups is 1. The van der Waals surface area contributed by atoms with Gasteiger partial charge in [-0.1, -0.05) is 34.6 Å². The smallest absolute Gasteiger partial charge is 0.237 e. The van der Waals surface area contributed by atoms with Crippen molar-refractivity contribution in [2.75, 3.05) is 13.7 Å². The van der Waals surface area contributed by atoms with Gasteiger partial charge in [-0.15, -0.1) is 21.5 Å². The van der Waals surface area contributed by atoms with Crippen LogP contribution >= 0.6 is 34.7 Å². The summed E-state index contributed by atoms with van der Waals surface area (Å²) in [5, 5.41) is 16.2. The lowest BCUT2D eigenvalue weighted by Crippen LogP contribution is -2.07. The molecular formula is C18H16ClN5O2S2. The number of aromatic nitrogens is 5. The molecule has 0 aliphatic rings. The molecule has 10 heteroatoms. The van der Waals surface area contributed by atoms with Crippen LogP contribution in [0.2, 0.25) is 5.02 Å². The van der Waals surface area contributed by atoms with Crippen molar-refractivity contribution in [1.82, 2.24) is 24.9 Å². The molecule has 28 heavy (non-hydrogen) atoms. The van der Waals surface area contributed by atoms with E-state index in [1.165, 1.54) is 11.8 Å². The van der Waals surface area contributed by atoms with Crippen molar-refractivity contribution >= 4 is 34.7 Å². The number of nitrogens with zero attached hydrogens (tertiary/aromatic N) is 5. The summed E-state index contributed by atoms with van der Waals surface area (Å²) < 4.78 is 12.6. The average Bonchev–Trinajstić information content (AvgIpc) is 3.45. The first-order chi connectivity index (χ1) is 13.7. The maximum absolute atomic E-state index is 5.99. The normalized spacial score (nSPS) is 11.2. The maximum atomic E-state index is 5.99. The van der Waals surface area contributed by atoms with Crippen LogP contribution in [0, 0.1) is 0 Å². The van der Waals surface area contributed by atoms with Crippen LogP contribution in [-0.4, -0.2) is 38.6 Å². The van der Waals surface area contributed by atoms with E-state index in [0.717, 1.165) is 21.4 Å². The standard InChI is InChI=1S/C18H16ClN5O2S2/c1-25-9-8-24-17(12-4-6-13(19)7-5-12)21-22-18(24)28-11-15-20-16(23-26-15)14-3-2-10-27-14/h2-7,10H,8-9,11H2,1H3. The number of thiophene rings is 1. The first-order valence-corrected chi connectivity index (χ1v) is 10.7. The van der Waals surface area contributed by atoms with E-state index in [1.54, 1.807) is 18.4 Å². The second kappa shape index (κ2) is 8.87. The summed E-state index contributed by atoms with van der Waals surface area (Å²) in [6.07, 6.45) is 0. The van der Waals surface area contributed by atoms with E-state index >= 15 is 0 Å². The van der Waals surface area contributed by atoms with Gasteiger partial charge in [0.05, 0.1) is 23.8 Å². The zero-order valence-corrected chi connectivity index (χ0v) is 17.3. The maximum Gasteiger partial charge on any atom is 0.237 e. The van der Waals surface area contributed by atoms with Crippen LogP contribution in [0.5, 0.6) is 0 Å². The number of hydrogen-bond acceptors (Lipinski definition) is 8. The fourth-order valence-corrected chi connectivity index (χ4v) is 4.11. The van der Waals surface area contributed by atoms with Gasteiger partial charge in [-0.25, -0.2) is 0 Å². The lowest BCUT2D eigenvalue weighted by Gasteiger charge is -2.09. The molecule has 7 nitrogen and oxygen atoms in total. The van der Waals surface area contributed by atoms with Gasteiger partial charge in [-0.3, -0.25) is 4.57 Å². The monoisotopic (exact) mass is 433 g/mol. The van der Waals surface area contributed by atoms with E-state index in [2.05, 4.69) is 20.3 Å². The average molecular weight is 434 g/mol. The third kappa shape index (κ3) is 4.27. The highest BCUT2D eigenvalue weighted by atomic mass is 35.5. The van der Waals surface area contributed by atoms with E-state index in [-0.39, 0.29) is 0 Å². The molecule has 0 radical (unpaired) electrons.